The number of hydrogen-bond donors (Lipinski definition) is 2. The Labute approximate surface area is 140 Å². The summed E-state index contributed by atoms with van der Waals surface area (Å²) in [6.07, 6.45) is 5.95. The van der Waals surface area contributed by atoms with Crippen LogP contribution < -0.4 is 11.1 Å². The molecule has 0 atom stereocenters. The minimum Gasteiger partial charge on any atom is -0.329 e. The Morgan fingerprint density at radius 2 is 1.62 bits per heavy atom. The molecule has 0 spiro atoms. The van der Waals surface area contributed by atoms with Crippen molar-refractivity contribution in [2.75, 3.05) is 11.9 Å². The first kappa shape index (κ1) is 16.9. The number of nitrogens with two attached hydrogens (primary N) is 1. The van der Waals surface area contributed by atoms with E-state index in [0.29, 0.717) is 27.3 Å². The van der Waals surface area contributed by atoms with Crippen molar-refractivity contribution in [1.82, 2.24) is 0 Å². The van der Waals surface area contributed by atoms with Gasteiger partial charge in [-0.3, -0.25) is 4.79 Å². The smallest absolute Gasteiger partial charge is 0.231 e. The van der Waals surface area contributed by atoms with Crippen molar-refractivity contribution >= 4 is 46.4 Å². The van der Waals surface area contributed by atoms with Crippen LogP contribution in [-0.4, -0.2) is 12.5 Å². The molecular formula is C15H19Cl3N2O. The fourth-order valence-corrected chi connectivity index (χ4v) is 3.75. The number of amides is 1. The number of nitrogens with one attached hydrogen (secondary N) is 1. The molecule has 0 bridgehead atoms. The maximum atomic E-state index is 12.7. The highest BCUT2D eigenvalue weighted by Gasteiger charge is 2.37. The van der Waals surface area contributed by atoms with Crippen LogP contribution in [0.5, 0.6) is 0 Å². The van der Waals surface area contributed by atoms with Gasteiger partial charge >= 0.3 is 0 Å². The van der Waals surface area contributed by atoms with E-state index >= 15 is 0 Å². The molecule has 1 aliphatic rings. The van der Waals surface area contributed by atoms with Crippen molar-refractivity contribution < 1.29 is 4.79 Å². The molecule has 1 amide bonds. The Morgan fingerprint density at radius 1 is 1.10 bits per heavy atom. The zero-order valence-corrected chi connectivity index (χ0v) is 14.0. The van der Waals surface area contributed by atoms with E-state index < -0.39 is 5.41 Å². The van der Waals surface area contributed by atoms with Crippen LogP contribution in [0.15, 0.2) is 12.1 Å². The van der Waals surface area contributed by atoms with E-state index in [1.807, 2.05) is 0 Å². The Bertz CT molecular complexity index is 503. The topological polar surface area (TPSA) is 55.1 Å². The molecule has 1 fully saturated rings. The Balaban J connectivity index is 2.23. The Morgan fingerprint density at radius 3 is 2.10 bits per heavy atom. The summed E-state index contributed by atoms with van der Waals surface area (Å²) in [5, 5.41) is 3.96. The molecule has 0 saturated heterocycles. The van der Waals surface area contributed by atoms with Crippen molar-refractivity contribution in [3.05, 3.63) is 27.2 Å². The van der Waals surface area contributed by atoms with Crippen LogP contribution in [0.3, 0.4) is 0 Å². The average Bonchev–Trinajstić information content (AvgIpc) is 2.68. The lowest BCUT2D eigenvalue weighted by molar-refractivity contribution is -0.125. The molecule has 0 aromatic heterocycles. The summed E-state index contributed by atoms with van der Waals surface area (Å²) in [7, 11) is 0. The summed E-state index contributed by atoms with van der Waals surface area (Å²) in [6, 6.07) is 3.12. The van der Waals surface area contributed by atoms with Crippen LogP contribution in [0.1, 0.15) is 38.5 Å². The number of benzene rings is 1. The zero-order chi connectivity index (χ0) is 15.5. The minimum atomic E-state index is -0.525. The van der Waals surface area contributed by atoms with Gasteiger partial charge in [0.1, 0.15) is 0 Å². The molecule has 3 nitrogen and oxygen atoms in total. The van der Waals surface area contributed by atoms with Crippen molar-refractivity contribution in [3.8, 4) is 0 Å². The summed E-state index contributed by atoms with van der Waals surface area (Å²) >= 11 is 18.1. The second-order valence-electron chi connectivity index (χ2n) is 5.60. The number of carbonyl (C=O) groups is 1. The monoisotopic (exact) mass is 348 g/mol. The highest BCUT2D eigenvalue weighted by Crippen LogP contribution is 2.38. The second kappa shape index (κ2) is 7.19. The highest BCUT2D eigenvalue weighted by molar-refractivity contribution is 6.42. The molecule has 3 N–H and O–H groups in total. The van der Waals surface area contributed by atoms with Crippen molar-refractivity contribution in [2.45, 2.75) is 38.5 Å². The van der Waals surface area contributed by atoms with E-state index in [2.05, 4.69) is 5.32 Å². The Hall–Kier alpha value is -0.480. The first-order chi connectivity index (χ1) is 9.98. The lowest BCUT2D eigenvalue weighted by Crippen LogP contribution is -2.42. The average molecular weight is 350 g/mol. The molecular weight excluding hydrogens is 331 g/mol. The molecule has 1 aromatic carbocycles. The molecule has 0 radical (unpaired) electrons. The fraction of sp³-hybridized carbons (Fsp3) is 0.533. The third-order valence-electron chi connectivity index (χ3n) is 4.18. The van der Waals surface area contributed by atoms with Crippen molar-refractivity contribution in [2.24, 2.45) is 11.1 Å². The van der Waals surface area contributed by atoms with Gasteiger partial charge in [-0.1, -0.05) is 60.5 Å². The summed E-state index contributed by atoms with van der Waals surface area (Å²) < 4.78 is 0. The number of rotatable bonds is 3. The van der Waals surface area contributed by atoms with E-state index in [4.69, 9.17) is 40.5 Å². The molecule has 6 heteroatoms. The van der Waals surface area contributed by atoms with Gasteiger partial charge in [-0.2, -0.15) is 0 Å². The normalized spacial score (nSPS) is 18.1. The van der Waals surface area contributed by atoms with Crippen LogP contribution >= 0.6 is 34.8 Å². The van der Waals surface area contributed by atoms with Gasteiger partial charge in [0.05, 0.1) is 21.1 Å². The summed E-state index contributed by atoms with van der Waals surface area (Å²) in [5.41, 5.74) is 5.80. The Kier molecular flexibility index (Phi) is 5.78. The predicted octanol–water partition coefficient (Wildman–Crippen LogP) is 4.88. The summed E-state index contributed by atoms with van der Waals surface area (Å²) in [5.74, 6) is -0.0991. The number of carbonyl (C=O) groups excluding carboxylic acids is 1. The first-order valence-corrected chi connectivity index (χ1v) is 8.28. The molecule has 1 saturated carbocycles. The maximum absolute atomic E-state index is 12.7. The SMILES string of the molecule is NCC1(C(=O)Nc2c(Cl)cc(Cl)cc2Cl)CCCCCC1. The molecule has 0 heterocycles. The van der Waals surface area contributed by atoms with E-state index in [1.54, 1.807) is 12.1 Å². The van der Waals surface area contributed by atoms with E-state index in [0.717, 1.165) is 38.5 Å². The summed E-state index contributed by atoms with van der Waals surface area (Å²) in [6.45, 7) is 0.335. The van der Waals surface area contributed by atoms with Gasteiger partial charge in [-0.25, -0.2) is 0 Å². The van der Waals surface area contributed by atoms with Crippen molar-refractivity contribution in [3.63, 3.8) is 0 Å². The van der Waals surface area contributed by atoms with Gasteiger partial charge in [-0.05, 0) is 25.0 Å². The molecule has 116 valence electrons. The molecule has 0 aliphatic heterocycles. The molecule has 1 aromatic rings. The molecule has 2 rings (SSSR count). The van der Waals surface area contributed by atoms with Crippen LogP contribution in [-0.2, 0) is 4.79 Å². The molecule has 0 unspecified atom stereocenters. The fourth-order valence-electron chi connectivity index (χ4n) is 2.84. The van der Waals surface area contributed by atoms with Crippen LogP contribution in [0.2, 0.25) is 15.1 Å². The van der Waals surface area contributed by atoms with Gasteiger partial charge in [0.2, 0.25) is 5.91 Å². The molecule has 1 aliphatic carbocycles. The van der Waals surface area contributed by atoms with Gasteiger partial charge in [-0.15, -0.1) is 0 Å². The van der Waals surface area contributed by atoms with Gasteiger partial charge < -0.3 is 11.1 Å². The van der Waals surface area contributed by atoms with Crippen LogP contribution in [0.4, 0.5) is 5.69 Å². The zero-order valence-electron chi connectivity index (χ0n) is 11.7. The van der Waals surface area contributed by atoms with E-state index in [1.165, 1.54) is 0 Å². The third kappa shape index (κ3) is 3.84. The third-order valence-corrected chi connectivity index (χ3v) is 4.99. The van der Waals surface area contributed by atoms with E-state index in [9.17, 15) is 4.79 Å². The van der Waals surface area contributed by atoms with Crippen LogP contribution in [0, 0.1) is 5.41 Å². The molecule has 21 heavy (non-hydrogen) atoms. The quantitative estimate of drug-likeness (QED) is 0.764. The standard InChI is InChI=1S/C15H19Cl3N2O/c16-10-7-11(17)13(12(18)8-10)20-14(21)15(9-19)5-3-1-2-4-6-15/h7-8H,1-6,9,19H2,(H,20,21). The van der Waals surface area contributed by atoms with Gasteiger partial charge in [0.15, 0.2) is 0 Å². The second-order valence-corrected chi connectivity index (χ2v) is 6.85. The summed E-state index contributed by atoms with van der Waals surface area (Å²) in [4.78, 5) is 12.7. The lowest BCUT2D eigenvalue weighted by atomic mass is 9.79. The maximum Gasteiger partial charge on any atom is 0.231 e. The number of anilines is 1. The van der Waals surface area contributed by atoms with Gasteiger partial charge in [0.25, 0.3) is 0 Å². The number of hydrogen-bond acceptors (Lipinski definition) is 2. The predicted molar refractivity (Wildman–Crippen MR) is 89.3 cm³/mol. The largest absolute Gasteiger partial charge is 0.329 e. The highest BCUT2D eigenvalue weighted by atomic mass is 35.5. The van der Waals surface area contributed by atoms with Gasteiger partial charge in [0, 0.05) is 11.6 Å². The van der Waals surface area contributed by atoms with Crippen molar-refractivity contribution in [1.29, 1.82) is 0 Å². The van der Waals surface area contributed by atoms with E-state index in [-0.39, 0.29) is 5.91 Å². The lowest BCUT2D eigenvalue weighted by Gasteiger charge is -2.30. The minimum absolute atomic E-state index is 0.0991. The van der Waals surface area contributed by atoms with Crippen LogP contribution in [0.25, 0.3) is 0 Å². The first-order valence-electron chi connectivity index (χ1n) is 7.14. The number of halogens is 3.